The Hall–Kier alpha value is -2.63. The molecular weight excluding hydrogens is 292 g/mol. The summed E-state index contributed by atoms with van der Waals surface area (Å²) < 4.78 is 1.34. The Morgan fingerprint density at radius 2 is 2.22 bits per heavy atom. The van der Waals surface area contributed by atoms with Gasteiger partial charge in [0.25, 0.3) is 5.56 Å². The maximum atomic E-state index is 12.6. The van der Waals surface area contributed by atoms with Gasteiger partial charge in [-0.05, 0) is 32.4 Å². The maximum Gasteiger partial charge on any atom is 0.278 e. The first-order valence-electron chi connectivity index (χ1n) is 7.76. The first-order chi connectivity index (χ1) is 11.0. The summed E-state index contributed by atoms with van der Waals surface area (Å²) in [5.41, 5.74) is 2.83. The van der Waals surface area contributed by atoms with Crippen molar-refractivity contribution < 1.29 is 4.79 Å². The summed E-state index contributed by atoms with van der Waals surface area (Å²) in [5, 5.41) is 3.78. The van der Waals surface area contributed by atoms with Crippen LogP contribution in [-0.4, -0.2) is 26.5 Å². The first kappa shape index (κ1) is 15.3. The minimum Gasteiger partial charge on any atom is -0.352 e. The molecule has 2 aromatic heterocycles. The number of aryl methyl sites for hydroxylation is 1. The van der Waals surface area contributed by atoms with E-state index in [9.17, 15) is 9.59 Å². The standard InChI is InChI=1S/C17H20N4O2/c1-4-11(3)19-14(22)8-21-9-18-15-12-7-10(2)5-6-13(12)20-16(15)17(21)23/h5-7,9,11,20H,4,8H2,1-3H3,(H,19,22)/t11-/m0/s1. The number of H-pyrrole nitrogens is 1. The van der Waals surface area contributed by atoms with E-state index in [4.69, 9.17) is 0 Å². The summed E-state index contributed by atoms with van der Waals surface area (Å²) in [7, 11) is 0. The SMILES string of the molecule is CC[C@H](C)NC(=O)Cn1cnc2c([nH]c3ccc(C)cc32)c1=O. The molecule has 6 heteroatoms. The number of carbonyl (C=O) groups excluding carboxylic acids is 1. The number of rotatable bonds is 4. The highest BCUT2D eigenvalue weighted by Crippen LogP contribution is 2.22. The predicted molar refractivity (Wildman–Crippen MR) is 90.5 cm³/mol. The van der Waals surface area contributed by atoms with E-state index in [1.54, 1.807) is 0 Å². The van der Waals surface area contributed by atoms with Gasteiger partial charge in [-0.25, -0.2) is 4.98 Å². The third kappa shape index (κ3) is 2.84. The van der Waals surface area contributed by atoms with Gasteiger partial charge in [-0.15, -0.1) is 0 Å². The molecule has 2 N–H and O–H groups in total. The summed E-state index contributed by atoms with van der Waals surface area (Å²) in [6.45, 7) is 5.90. The fourth-order valence-electron chi connectivity index (χ4n) is 2.59. The van der Waals surface area contributed by atoms with E-state index in [1.165, 1.54) is 10.9 Å². The Bertz CT molecular complexity index is 939. The van der Waals surface area contributed by atoms with Gasteiger partial charge in [0.05, 0.1) is 6.33 Å². The molecule has 2 heterocycles. The Labute approximate surface area is 133 Å². The number of benzene rings is 1. The molecule has 0 aliphatic carbocycles. The summed E-state index contributed by atoms with van der Waals surface area (Å²) >= 11 is 0. The number of nitrogens with zero attached hydrogens (tertiary/aromatic N) is 2. The molecule has 3 rings (SSSR count). The van der Waals surface area contributed by atoms with Crippen LogP contribution < -0.4 is 10.9 Å². The number of aromatic nitrogens is 3. The molecule has 0 saturated carbocycles. The van der Waals surface area contributed by atoms with Gasteiger partial charge in [-0.2, -0.15) is 0 Å². The second-order valence-electron chi connectivity index (χ2n) is 5.95. The Morgan fingerprint density at radius 3 is 2.96 bits per heavy atom. The van der Waals surface area contributed by atoms with Gasteiger partial charge in [0, 0.05) is 16.9 Å². The van der Waals surface area contributed by atoms with Crippen molar-refractivity contribution in [3.05, 3.63) is 40.4 Å². The lowest BCUT2D eigenvalue weighted by atomic mass is 10.2. The Balaban J connectivity index is 2.01. The molecule has 6 nitrogen and oxygen atoms in total. The molecule has 0 bridgehead atoms. The molecule has 0 spiro atoms. The van der Waals surface area contributed by atoms with Gasteiger partial charge in [-0.3, -0.25) is 14.2 Å². The van der Waals surface area contributed by atoms with E-state index in [-0.39, 0.29) is 24.1 Å². The van der Waals surface area contributed by atoms with Crippen molar-refractivity contribution in [1.29, 1.82) is 0 Å². The van der Waals surface area contributed by atoms with Crippen LogP contribution in [0, 0.1) is 6.92 Å². The molecule has 0 unspecified atom stereocenters. The van der Waals surface area contributed by atoms with Crippen LogP contribution in [0.5, 0.6) is 0 Å². The average Bonchev–Trinajstić information content (AvgIpc) is 2.88. The van der Waals surface area contributed by atoms with Crippen molar-refractivity contribution in [2.45, 2.75) is 39.8 Å². The average molecular weight is 312 g/mol. The molecule has 23 heavy (non-hydrogen) atoms. The Kier molecular flexibility index (Phi) is 3.90. The molecule has 0 aliphatic heterocycles. The lowest BCUT2D eigenvalue weighted by Gasteiger charge is -2.11. The molecule has 3 aromatic rings. The number of carbonyl (C=O) groups is 1. The molecule has 1 atom stereocenters. The van der Waals surface area contributed by atoms with Crippen LogP contribution in [0.25, 0.3) is 21.9 Å². The van der Waals surface area contributed by atoms with Crippen molar-refractivity contribution in [2.24, 2.45) is 0 Å². The third-order valence-electron chi connectivity index (χ3n) is 4.06. The molecule has 0 saturated heterocycles. The van der Waals surface area contributed by atoms with E-state index in [2.05, 4.69) is 15.3 Å². The molecule has 120 valence electrons. The molecule has 0 radical (unpaired) electrons. The molecular formula is C17H20N4O2. The normalized spacial score (nSPS) is 12.7. The van der Waals surface area contributed by atoms with Crippen molar-refractivity contribution >= 4 is 27.8 Å². The third-order valence-corrected chi connectivity index (χ3v) is 4.06. The van der Waals surface area contributed by atoms with Crippen molar-refractivity contribution in [1.82, 2.24) is 19.9 Å². The Morgan fingerprint density at radius 1 is 1.43 bits per heavy atom. The van der Waals surface area contributed by atoms with E-state index < -0.39 is 0 Å². The summed E-state index contributed by atoms with van der Waals surface area (Å²) in [5.74, 6) is -0.186. The van der Waals surface area contributed by atoms with Crippen LogP contribution in [0.2, 0.25) is 0 Å². The van der Waals surface area contributed by atoms with E-state index >= 15 is 0 Å². The monoisotopic (exact) mass is 312 g/mol. The topological polar surface area (TPSA) is 79.8 Å². The zero-order valence-corrected chi connectivity index (χ0v) is 13.5. The fourth-order valence-corrected chi connectivity index (χ4v) is 2.59. The van der Waals surface area contributed by atoms with Crippen LogP contribution in [0.15, 0.2) is 29.3 Å². The highest BCUT2D eigenvalue weighted by molar-refractivity contribution is 6.04. The summed E-state index contributed by atoms with van der Waals surface area (Å²) in [4.78, 5) is 32.1. The molecule has 1 amide bonds. The molecule has 1 aromatic carbocycles. The number of nitrogens with one attached hydrogen (secondary N) is 2. The smallest absolute Gasteiger partial charge is 0.278 e. The number of hydrogen-bond donors (Lipinski definition) is 2. The number of aromatic amines is 1. The second kappa shape index (κ2) is 5.87. The van der Waals surface area contributed by atoms with Gasteiger partial charge in [0.15, 0.2) is 0 Å². The zero-order chi connectivity index (χ0) is 16.6. The quantitative estimate of drug-likeness (QED) is 0.774. The van der Waals surface area contributed by atoms with Crippen molar-refractivity contribution in [3.8, 4) is 0 Å². The molecule has 0 aliphatic rings. The maximum absolute atomic E-state index is 12.6. The van der Waals surface area contributed by atoms with Crippen LogP contribution >= 0.6 is 0 Å². The van der Waals surface area contributed by atoms with E-state index in [0.717, 1.165) is 22.9 Å². The van der Waals surface area contributed by atoms with Gasteiger partial charge < -0.3 is 10.3 Å². The first-order valence-corrected chi connectivity index (χ1v) is 7.76. The van der Waals surface area contributed by atoms with Crippen LogP contribution in [-0.2, 0) is 11.3 Å². The summed E-state index contributed by atoms with van der Waals surface area (Å²) in [6, 6.07) is 6.01. The highest BCUT2D eigenvalue weighted by Gasteiger charge is 2.13. The minimum absolute atomic E-state index is 0.0273. The van der Waals surface area contributed by atoms with Crippen LogP contribution in [0.3, 0.4) is 0 Å². The van der Waals surface area contributed by atoms with E-state index in [0.29, 0.717) is 11.0 Å². The number of amides is 1. The lowest BCUT2D eigenvalue weighted by molar-refractivity contribution is -0.122. The number of fused-ring (bicyclic) bond motifs is 3. The second-order valence-corrected chi connectivity index (χ2v) is 5.95. The van der Waals surface area contributed by atoms with Gasteiger partial charge in [-0.1, -0.05) is 18.6 Å². The van der Waals surface area contributed by atoms with Crippen LogP contribution in [0.1, 0.15) is 25.8 Å². The van der Waals surface area contributed by atoms with Gasteiger partial charge in [0.1, 0.15) is 17.6 Å². The number of hydrogen-bond acceptors (Lipinski definition) is 3. The zero-order valence-electron chi connectivity index (χ0n) is 13.5. The van der Waals surface area contributed by atoms with Gasteiger partial charge >= 0.3 is 0 Å². The van der Waals surface area contributed by atoms with Crippen molar-refractivity contribution in [2.75, 3.05) is 0 Å². The van der Waals surface area contributed by atoms with Crippen LogP contribution in [0.4, 0.5) is 0 Å². The largest absolute Gasteiger partial charge is 0.352 e. The van der Waals surface area contributed by atoms with Crippen molar-refractivity contribution in [3.63, 3.8) is 0 Å². The molecule has 0 fully saturated rings. The fraction of sp³-hybridized carbons (Fsp3) is 0.353. The van der Waals surface area contributed by atoms with Gasteiger partial charge in [0.2, 0.25) is 5.91 Å². The predicted octanol–water partition coefficient (Wildman–Crippen LogP) is 2.10. The lowest BCUT2D eigenvalue weighted by Crippen LogP contribution is -2.37. The summed E-state index contributed by atoms with van der Waals surface area (Å²) in [6.07, 6.45) is 2.29. The highest BCUT2D eigenvalue weighted by atomic mass is 16.2. The minimum atomic E-state index is -0.233. The van der Waals surface area contributed by atoms with E-state index in [1.807, 2.05) is 39.0 Å².